The molecule has 0 saturated carbocycles. The van der Waals surface area contributed by atoms with E-state index in [1.165, 1.54) is 37.9 Å². The third-order valence-corrected chi connectivity index (χ3v) is 4.00. The molecule has 0 atom stereocenters. The first-order valence-electron chi connectivity index (χ1n) is 8.09. The number of amides is 1. The van der Waals surface area contributed by atoms with Gasteiger partial charge in [0.25, 0.3) is 0 Å². The molecule has 4 nitrogen and oxygen atoms in total. The Balaban J connectivity index is 1.80. The third kappa shape index (κ3) is 5.73. The molecule has 120 valence electrons. The van der Waals surface area contributed by atoms with E-state index in [9.17, 15) is 4.79 Å². The molecule has 0 unspecified atom stereocenters. The van der Waals surface area contributed by atoms with Crippen LogP contribution in [0.5, 0.6) is 0 Å². The standard InChI is InChI=1S/C17H25N3OS/c1-2-6-16(21)19-17(22)18-15-9-7-14(8-10-15)13-20-11-4-3-5-12-20/h7-10H,2-6,11-13H2,1H3,(H2,18,19,21,22). The fraction of sp³-hybridized carbons (Fsp3) is 0.529. The molecule has 22 heavy (non-hydrogen) atoms. The van der Waals surface area contributed by atoms with Crippen molar-refractivity contribution >= 4 is 28.9 Å². The zero-order chi connectivity index (χ0) is 15.8. The molecular formula is C17H25N3OS. The minimum absolute atomic E-state index is 0.0401. The van der Waals surface area contributed by atoms with Crippen molar-refractivity contribution in [3.63, 3.8) is 0 Å². The van der Waals surface area contributed by atoms with Crippen LogP contribution in [0.4, 0.5) is 5.69 Å². The Kier molecular flexibility index (Phi) is 6.80. The summed E-state index contributed by atoms with van der Waals surface area (Å²) in [6, 6.07) is 8.26. The van der Waals surface area contributed by atoms with Crippen molar-refractivity contribution in [3.05, 3.63) is 29.8 Å². The summed E-state index contributed by atoms with van der Waals surface area (Å²) in [5, 5.41) is 6.09. The van der Waals surface area contributed by atoms with E-state index in [0.717, 1.165) is 18.7 Å². The summed E-state index contributed by atoms with van der Waals surface area (Å²) in [6.07, 6.45) is 5.30. The van der Waals surface area contributed by atoms with Crippen molar-refractivity contribution in [1.29, 1.82) is 0 Å². The summed E-state index contributed by atoms with van der Waals surface area (Å²) in [7, 11) is 0. The van der Waals surface area contributed by atoms with Crippen molar-refractivity contribution in [2.45, 2.75) is 45.6 Å². The number of anilines is 1. The van der Waals surface area contributed by atoms with Gasteiger partial charge in [0.15, 0.2) is 5.11 Å². The van der Waals surface area contributed by atoms with E-state index < -0.39 is 0 Å². The number of benzene rings is 1. The SMILES string of the molecule is CCCC(=O)NC(=S)Nc1ccc(CN2CCCCC2)cc1. The summed E-state index contributed by atoms with van der Waals surface area (Å²) in [6.45, 7) is 5.39. The van der Waals surface area contributed by atoms with Crippen LogP contribution in [0.1, 0.15) is 44.6 Å². The molecule has 1 aliphatic heterocycles. The Morgan fingerprint density at radius 3 is 2.50 bits per heavy atom. The molecule has 5 heteroatoms. The van der Waals surface area contributed by atoms with Gasteiger partial charge < -0.3 is 10.6 Å². The Bertz CT molecular complexity index is 495. The van der Waals surface area contributed by atoms with Crippen LogP contribution in [0.2, 0.25) is 0 Å². The van der Waals surface area contributed by atoms with Gasteiger partial charge in [-0.05, 0) is 62.3 Å². The first-order chi connectivity index (χ1) is 10.7. The molecule has 0 aromatic heterocycles. The quantitative estimate of drug-likeness (QED) is 0.818. The highest BCUT2D eigenvalue weighted by atomic mass is 32.1. The topological polar surface area (TPSA) is 44.4 Å². The third-order valence-electron chi connectivity index (χ3n) is 3.80. The molecular weight excluding hydrogens is 294 g/mol. The maximum Gasteiger partial charge on any atom is 0.226 e. The van der Waals surface area contributed by atoms with Crippen LogP contribution in [0, 0.1) is 0 Å². The zero-order valence-corrected chi connectivity index (χ0v) is 14.0. The number of hydrogen-bond donors (Lipinski definition) is 2. The van der Waals surface area contributed by atoms with Gasteiger partial charge in [0, 0.05) is 18.7 Å². The van der Waals surface area contributed by atoms with E-state index >= 15 is 0 Å². The van der Waals surface area contributed by atoms with Gasteiger partial charge in [-0.3, -0.25) is 9.69 Å². The number of likely N-dealkylation sites (tertiary alicyclic amines) is 1. The summed E-state index contributed by atoms with van der Waals surface area (Å²) in [4.78, 5) is 14.0. The molecule has 2 N–H and O–H groups in total. The lowest BCUT2D eigenvalue weighted by Crippen LogP contribution is -2.33. The summed E-state index contributed by atoms with van der Waals surface area (Å²) in [5.74, 6) is -0.0401. The van der Waals surface area contributed by atoms with Crippen LogP contribution < -0.4 is 10.6 Å². The van der Waals surface area contributed by atoms with Gasteiger partial charge in [-0.25, -0.2) is 0 Å². The number of rotatable bonds is 5. The van der Waals surface area contributed by atoms with Gasteiger partial charge in [0.1, 0.15) is 0 Å². The van der Waals surface area contributed by atoms with E-state index in [1.54, 1.807) is 0 Å². The van der Waals surface area contributed by atoms with Crippen molar-refractivity contribution in [2.24, 2.45) is 0 Å². The lowest BCUT2D eigenvalue weighted by atomic mass is 10.1. The Morgan fingerprint density at radius 2 is 1.86 bits per heavy atom. The molecule has 1 amide bonds. The number of carbonyl (C=O) groups is 1. The minimum atomic E-state index is -0.0401. The summed E-state index contributed by atoms with van der Waals surface area (Å²) in [5.41, 5.74) is 2.22. The lowest BCUT2D eigenvalue weighted by molar-refractivity contribution is -0.119. The molecule has 0 aliphatic carbocycles. The predicted octanol–water partition coefficient (Wildman–Crippen LogP) is 3.29. The molecule has 1 aromatic carbocycles. The molecule has 1 heterocycles. The van der Waals surface area contributed by atoms with Gasteiger partial charge in [-0.15, -0.1) is 0 Å². The predicted molar refractivity (Wildman–Crippen MR) is 94.8 cm³/mol. The highest BCUT2D eigenvalue weighted by Gasteiger charge is 2.10. The molecule has 0 spiro atoms. The monoisotopic (exact) mass is 319 g/mol. The van der Waals surface area contributed by atoms with Crippen molar-refractivity contribution in [1.82, 2.24) is 10.2 Å². The first kappa shape index (κ1) is 16.9. The molecule has 1 saturated heterocycles. The number of hydrogen-bond acceptors (Lipinski definition) is 3. The normalized spacial score (nSPS) is 15.3. The van der Waals surface area contributed by atoms with Crippen LogP contribution in [-0.2, 0) is 11.3 Å². The van der Waals surface area contributed by atoms with E-state index in [1.807, 2.05) is 19.1 Å². The van der Waals surface area contributed by atoms with Crippen LogP contribution in [0.3, 0.4) is 0 Å². The van der Waals surface area contributed by atoms with E-state index in [4.69, 9.17) is 12.2 Å². The van der Waals surface area contributed by atoms with Crippen molar-refractivity contribution in [2.75, 3.05) is 18.4 Å². The van der Waals surface area contributed by atoms with Crippen molar-refractivity contribution in [3.8, 4) is 0 Å². The minimum Gasteiger partial charge on any atom is -0.332 e. The Hall–Kier alpha value is -1.46. The lowest BCUT2D eigenvalue weighted by Gasteiger charge is -2.26. The van der Waals surface area contributed by atoms with Crippen LogP contribution in [-0.4, -0.2) is 29.0 Å². The number of piperidine rings is 1. The Morgan fingerprint density at radius 1 is 1.18 bits per heavy atom. The van der Waals surface area contributed by atoms with Crippen molar-refractivity contribution < 1.29 is 4.79 Å². The molecule has 2 rings (SSSR count). The average molecular weight is 319 g/mol. The summed E-state index contributed by atoms with van der Waals surface area (Å²) >= 11 is 5.14. The highest BCUT2D eigenvalue weighted by molar-refractivity contribution is 7.80. The Labute approximate surface area is 138 Å². The fourth-order valence-electron chi connectivity index (χ4n) is 2.65. The number of nitrogens with zero attached hydrogens (tertiary/aromatic N) is 1. The van der Waals surface area contributed by atoms with Crippen LogP contribution >= 0.6 is 12.2 Å². The smallest absolute Gasteiger partial charge is 0.226 e. The molecule has 1 aromatic rings. The maximum atomic E-state index is 11.5. The van der Waals surface area contributed by atoms with Crippen LogP contribution in [0.15, 0.2) is 24.3 Å². The number of thiocarbonyl (C=S) groups is 1. The van der Waals surface area contributed by atoms with Crippen LogP contribution in [0.25, 0.3) is 0 Å². The van der Waals surface area contributed by atoms with E-state index in [2.05, 4.69) is 27.7 Å². The van der Waals surface area contributed by atoms with E-state index in [-0.39, 0.29) is 5.91 Å². The maximum absolute atomic E-state index is 11.5. The molecule has 0 radical (unpaired) electrons. The second-order valence-corrected chi connectivity index (χ2v) is 6.19. The summed E-state index contributed by atoms with van der Waals surface area (Å²) < 4.78 is 0. The second kappa shape index (κ2) is 8.86. The van der Waals surface area contributed by atoms with E-state index in [0.29, 0.717) is 11.5 Å². The number of carbonyl (C=O) groups excluding carboxylic acids is 1. The average Bonchev–Trinajstić information content (AvgIpc) is 2.50. The molecule has 0 bridgehead atoms. The van der Waals surface area contributed by atoms with Gasteiger partial charge in [0.05, 0.1) is 0 Å². The van der Waals surface area contributed by atoms with Gasteiger partial charge in [0.2, 0.25) is 5.91 Å². The highest BCUT2D eigenvalue weighted by Crippen LogP contribution is 2.15. The molecule has 1 fully saturated rings. The second-order valence-electron chi connectivity index (χ2n) is 5.79. The largest absolute Gasteiger partial charge is 0.332 e. The number of nitrogens with one attached hydrogen (secondary N) is 2. The van der Waals surface area contributed by atoms with Gasteiger partial charge >= 0.3 is 0 Å². The zero-order valence-electron chi connectivity index (χ0n) is 13.2. The van der Waals surface area contributed by atoms with Gasteiger partial charge in [-0.2, -0.15) is 0 Å². The first-order valence-corrected chi connectivity index (χ1v) is 8.50. The molecule has 1 aliphatic rings. The van der Waals surface area contributed by atoms with Gasteiger partial charge in [-0.1, -0.05) is 25.5 Å². The fourth-order valence-corrected chi connectivity index (χ4v) is 2.88.